The van der Waals surface area contributed by atoms with Crippen molar-refractivity contribution in [2.24, 2.45) is 11.6 Å². The molecule has 0 aliphatic rings. The molecule has 2 amide bonds. The van der Waals surface area contributed by atoms with E-state index in [0.717, 1.165) is 0 Å². The maximum absolute atomic E-state index is 10.7. The molecule has 0 aliphatic heterocycles. The summed E-state index contributed by atoms with van der Waals surface area (Å²) >= 11 is 0. The van der Waals surface area contributed by atoms with E-state index in [-0.39, 0.29) is 11.4 Å². The highest BCUT2D eigenvalue weighted by Gasteiger charge is 2.19. The predicted octanol–water partition coefficient (Wildman–Crippen LogP) is 0.354. The lowest BCUT2D eigenvalue weighted by molar-refractivity contribution is -0.384. The van der Waals surface area contributed by atoms with Gasteiger partial charge in [-0.2, -0.15) is 0 Å². The van der Waals surface area contributed by atoms with E-state index in [0.29, 0.717) is 5.01 Å². The minimum atomic E-state index is -0.959. The summed E-state index contributed by atoms with van der Waals surface area (Å²) in [6, 6.07) is 4.60. The van der Waals surface area contributed by atoms with E-state index in [9.17, 15) is 14.9 Å². The SMILES string of the molecule is NC(=O)N(N)c1ccccc1[N+](=O)[O-]. The number of urea groups is 1. The Kier molecular flexibility index (Phi) is 2.63. The molecule has 4 N–H and O–H groups in total. The zero-order valence-electron chi connectivity index (χ0n) is 7.08. The second-order valence-electron chi connectivity index (χ2n) is 2.45. The zero-order valence-corrected chi connectivity index (χ0v) is 7.08. The first-order chi connectivity index (χ1) is 6.54. The number of benzene rings is 1. The first-order valence-corrected chi connectivity index (χ1v) is 3.61. The highest BCUT2D eigenvalue weighted by Crippen LogP contribution is 2.25. The molecule has 1 rings (SSSR count). The first-order valence-electron chi connectivity index (χ1n) is 3.61. The van der Waals surface area contributed by atoms with Gasteiger partial charge in [-0.3, -0.25) is 10.1 Å². The molecule has 0 saturated heterocycles. The van der Waals surface area contributed by atoms with E-state index in [2.05, 4.69) is 0 Å². The van der Waals surface area contributed by atoms with Gasteiger partial charge in [0.15, 0.2) is 0 Å². The number of nitro benzene ring substituents is 1. The summed E-state index contributed by atoms with van der Waals surface area (Å²) in [4.78, 5) is 20.6. The molecule has 1 aromatic carbocycles. The molecule has 0 heterocycles. The van der Waals surface area contributed by atoms with Crippen molar-refractivity contribution in [3.8, 4) is 0 Å². The lowest BCUT2D eigenvalue weighted by atomic mass is 10.2. The fourth-order valence-corrected chi connectivity index (χ4v) is 0.941. The number of primary amides is 1. The molecule has 0 bridgehead atoms. The Morgan fingerprint density at radius 3 is 2.50 bits per heavy atom. The number of hydrazine groups is 1. The molecule has 74 valence electrons. The number of anilines is 1. The van der Waals surface area contributed by atoms with Gasteiger partial charge in [0.25, 0.3) is 5.69 Å². The molecule has 0 atom stereocenters. The van der Waals surface area contributed by atoms with Crippen LogP contribution in [0, 0.1) is 10.1 Å². The second-order valence-corrected chi connectivity index (χ2v) is 2.45. The fourth-order valence-electron chi connectivity index (χ4n) is 0.941. The summed E-state index contributed by atoms with van der Waals surface area (Å²) in [6.07, 6.45) is 0. The number of hydrogen-bond donors (Lipinski definition) is 2. The summed E-state index contributed by atoms with van der Waals surface area (Å²) < 4.78 is 0. The van der Waals surface area contributed by atoms with E-state index in [4.69, 9.17) is 11.6 Å². The van der Waals surface area contributed by atoms with Crippen LogP contribution in [-0.2, 0) is 0 Å². The fraction of sp³-hybridized carbons (Fsp3) is 0. The van der Waals surface area contributed by atoms with E-state index in [1.807, 2.05) is 0 Å². The Hall–Kier alpha value is -2.15. The van der Waals surface area contributed by atoms with E-state index >= 15 is 0 Å². The first kappa shape index (κ1) is 9.93. The Labute approximate surface area is 79.0 Å². The Morgan fingerprint density at radius 2 is 2.00 bits per heavy atom. The van der Waals surface area contributed by atoms with Crippen LogP contribution in [-0.4, -0.2) is 11.0 Å². The third-order valence-corrected chi connectivity index (χ3v) is 1.58. The van der Waals surface area contributed by atoms with Gasteiger partial charge >= 0.3 is 6.03 Å². The van der Waals surface area contributed by atoms with Crippen LogP contribution >= 0.6 is 0 Å². The minimum Gasteiger partial charge on any atom is -0.350 e. The number of nitrogens with two attached hydrogens (primary N) is 2. The van der Waals surface area contributed by atoms with Gasteiger partial charge in [0.05, 0.1) is 4.92 Å². The maximum atomic E-state index is 10.7. The molecule has 0 aromatic heterocycles. The van der Waals surface area contributed by atoms with Crippen LogP contribution in [0.1, 0.15) is 0 Å². The standard InChI is InChI=1S/C7H8N4O3/c8-7(12)10(9)5-3-1-2-4-6(5)11(13)14/h1-4H,9H2,(H2,8,12). The lowest BCUT2D eigenvalue weighted by Crippen LogP contribution is -2.41. The van der Waals surface area contributed by atoms with Crippen molar-refractivity contribution in [1.82, 2.24) is 0 Å². The zero-order chi connectivity index (χ0) is 10.7. The number of nitro groups is 1. The average Bonchev–Trinajstić information content (AvgIpc) is 2.16. The van der Waals surface area contributed by atoms with Crippen LogP contribution in [0.4, 0.5) is 16.2 Å². The van der Waals surface area contributed by atoms with Gasteiger partial charge in [0, 0.05) is 6.07 Å². The topological polar surface area (TPSA) is 115 Å². The van der Waals surface area contributed by atoms with Gasteiger partial charge in [-0.1, -0.05) is 12.1 Å². The van der Waals surface area contributed by atoms with Crippen molar-refractivity contribution < 1.29 is 9.72 Å². The normalized spacial score (nSPS) is 9.50. The summed E-state index contributed by atoms with van der Waals surface area (Å²) in [6.45, 7) is 0. The molecule has 7 nitrogen and oxygen atoms in total. The highest BCUT2D eigenvalue weighted by atomic mass is 16.6. The third-order valence-electron chi connectivity index (χ3n) is 1.58. The minimum absolute atomic E-state index is 0.0370. The summed E-state index contributed by atoms with van der Waals surface area (Å²) in [5, 5.41) is 11.0. The molecule has 0 saturated carbocycles. The predicted molar refractivity (Wildman–Crippen MR) is 49.3 cm³/mol. The summed E-state index contributed by atoms with van der Waals surface area (Å²) in [5.41, 5.74) is 4.57. The van der Waals surface area contributed by atoms with Gasteiger partial charge < -0.3 is 5.73 Å². The molecule has 0 radical (unpaired) electrons. The van der Waals surface area contributed by atoms with Crippen LogP contribution < -0.4 is 16.6 Å². The largest absolute Gasteiger partial charge is 0.350 e. The molecule has 7 heteroatoms. The van der Waals surface area contributed by atoms with Gasteiger partial charge in [-0.05, 0) is 6.07 Å². The number of para-hydroxylation sites is 2. The van der Waals surface area contributed by atoms with Crippen LogP contribution in [0.3, 0.4) is 0 Å². The Morgan fingerprint density at radius 1 is 1.43 bits per heavy atom. The monoisotopic (exact) mass is 196 g/mol. The number of carbonyl (C=O) groups excluding carboxylic acids is 1. The van der Waals surface area contributed by atoms with Gasteiger partial charge in [-0.25, -0.2) is 15.6 Å². The van der Waals surface area contributed by atoms with Gasteiger partial charge in [-0.15, -0.1) is 0 Å². The molecule has 1 aromatic rings. The number of amides is 2. The van der Waals surface area contributed by atoms with E-state index < -0.39 is 11.0 Å². The average molecular weight is 196 g/mol. The van der Waals surface area contributed by atoms with Crippen LogP contribution in [0.2, 0.25) is 0 Å². The van der Waals surface area contributed by atoms with Crippen LogP contribution in [0.5, 0.6) is 0 Å². The van der Waals surface area contributed by atoms with E-state index in [1.54, 1.807) is 0 Å². The number of nitrogens with zero attached hydrogens (tertiary/aromatic N) is 2. The van der Waals surface area contributed by atoms with Crippen LogP contribution in [0.25, 0.3) is 0 Å². The van der Waals surface area contributed by atoms with E-state index in [1.165, 1.54) is 24.3 Å². The number of rotatable bonds is 2. The maximum Gasteiger partial charge on any atom is 0.333 e. The van der Waals surface area contributed by atoms with Gasteiger partial charge in [0.2, 0.25) is 0 Å². The van der Waals surface area contributed by atoms with Crippen molar-refractivity contribution in [3.63, 3.8) is 0 Å². The number of carbonyl (C=O) groups is 1. The van der Waals surface area contributed by atoms with Crippen molar-refractivity contribution >= 4 is 17.4 Å². The molecule has 14 heavy (non-hydrogen) atoms. The Bertz CT molecular complexity index is 379. The second kappa shape index (κ2) is 3.71. The summed E-state index contributed by atoms with van der Waals surface area (Å²) in [7, 11) is 0. The van der Waals surface area contributed by atoms with Crippen molar-refractivity contribution in [1.29, 1.82) is 0 Å². The van der Waals surface area contributed by atoms with Gasteiger partial charge in [0.1, 0.15) is 5.69 Å². The lowest BCUT2D eigenvalue weighted by Gasteiger charge is -2.12. The smallest absolute Gasteiger partial charge is 0.333 e. The van der Waals surface area contributed by atoms with Crippen molar-refractivity contribution in [2.45, 2.75) is 0 Å². The highest BCUT2D eigenvalue weighted by molar-refractivity contribution is 5.91. The molecular formula is C7H8N4O3. The quantitative estimate of drug-likeness (QED) is 0.307. The third kappa shape index (κ3) is 1.77. The summed E-state index contributed by atoms with van der Waals surface area (Å²) in [5.74, 6) is 5.23. The molecular weight excluding hydrogens is 188 g/mol. The molecule has 0 aliphatic carbocycles. The number of hydrogen-bond acceptors (Lipinski definition) is 4. The van der Waals surface area contributed by atoms with Crippen molar-refractivity contribution in [3.05, 3.63) is 34.4 Å². The molecule has 0 spiro atoms. The molecule has 0 unspecified atom stereocenters. The Balaban J connectivity index is 3.19. The van der Waals surface area contributed by atoms with Crippen LogP contribution in [0.15, 0.2) is 24.3 Å². The molecule has 0 fully saturated rings. The van der Waals surface area contributed by atoms with Crippen molar-refractivity contribution in [2.75, 3.05) is 5.01 Å².